The molecule has 0 aliphatic rings. The second-order valence-electron chi connectivity index (χ2n) is 12.1. The maximum Gasteiger partial charge on any atom is 0.172 e. The van der Waals surface area contributed by atoms with Crippen LogP contribution >= 0.6 is 0 Å². The van der Waals surface area contributed by atoms with Crippen LogP contribution in [0.1, 0.15) is 175 Å². The van der Waals surface area contributed by atoms with Gasteiger partial charge in [-0.05, 0) is 84.0 Å². The molecule has 0 aliphatic heterocycles. The number of hydrogen-bond donors (Lipinski definition) is 1. The molecule has 0 rings (SSSR count). The van der Waals surface area contributed by atoms with E-state index in [1.165, 1.54) is 128 Å². The van der Waals surface area contributed by atoms with Crippen molar-refractivity contribution in [3.8, 4) is 0 Å². The van der Waals surface area contributed by atoms with E-state index in [1.807, 2.05) is 6.92 Å². The van der Waals surface area contributed by atoms with Gasteiger partial charge in [-0.1, -0.05) is 140 Å². The average molecular weight is 588 g/mol. The van der Waals surface area contributed by atoms with Gasteiger partial charge in [0.25, 0.3) is 0 Å². The Hall–Kier alpha value is -1.16. The maximum absolute atomic E-state index is 6.11. The number of unbranched alkanes of at least 4 members (excludes halogenated alkanes) is 18. The van der Waals surface area contributed by atoms with Crippen molar-refractivity contribution >= 4 is 0 Å². The van der Waals surface area contributed by atoms with E-state index in [-0.39, 0.29) is 12.3 Å². The molecule has 0 heterocycles. The van der Waals surface area contributed by atoms with Crippen molar-refractivity contribution in [2.24, 2.45) is 5.73 Å². The standard InChI is InChI=1S/C39H73NO2/c1-4-6-8-10-12-14-16-18-20-22-24-26-28-30-32-34-36-41-39(38(3)40)42-37-35-33-31-29-27-25-23-21-19-17-15-13-11-9-7-5-2/h12-15,18-21,38-39H,4-11,16-17,22-37,40H2,1-3H3/t38-,39?/m0/s1. The molecule has 0 spiro atoms. The van der Waals surface area contributed by atoms with Crippen LogP contribution in [0.2, 0.25) is 0 Å². The number of rotatable bonds is 33. The molecule has 246 valence electrons. The van der Waals surface area contributed by atoms with Crippen molar-refractivity contribution in [3.63, 3.8) is 0 Å². The molecule has 0 aliphatic carbocycles. The van der Waals surface area contributed by atoms with Crippen LogP contribution in [-0.4, -0.2) is 25.5 Å². The Morgan fingerprint density at radius 2 is 0.738 bits per heavy atom. The molecule has 0 amide bonds. The summed E-state index contributed by atoms with van der Waals surface area (Å²) in [4.78, 5) is 0. The van der Waals surface area contributed by atoms with Crippen molar-refractivity contribution in [2.45, 2.75) is 187 Å². The normalized spacial score (nSPS) is 13.9. The SMILES string of the molecule is CCCCCC=CCC=CCCCCCCCCOC(OCCCCCCCCC=CCC=CCCCCC)[C@H](C)N. The zero-order valence-corrected chi connectivity index (χ0v) is 28.6. The summed E-state index contributed by atoms with van der Waals surface area (Å²) in [5.41, 5.74) is 6.11. The minimum absolute atomic E-state index is 0.0841. The summed E-state index contributed by atoms with van der Waals surface area (Å²) in [7, 11) is 0. The van der Waals surface area contributed by atoms with Gasteiger partial charge in [0, 0.05) is 13.2 Å². The molecular formula is C39H73NO2. The number of hydrogen-bond acceptors (Lipinski definition) is 3. The van der Waals surface area contributed by atoms with Gasteiger partial charge in [0.05, 0.1) is 6.04 Å². The predicted octanol–water partition coefficient (Wildman–Crippen LogP) is 12.3. The van der Waals surface area contributed by atoms with Gasteiger partial charge in [0.2, 0.25) is 0 Å². The maximum atomic E-state index is 6.11. The highest BCUT2D eigenvalue weighted by Crippen LogP contribution is 2.11. The van der Waals surface area contributed by atoms with Gasteiger partial charge in [-0.2, -0.15) is 0 Å². The first-order valence-corrected chi connectivity index (χ1v) is 18.3. The molecule has 1 atom stereocenters. The zero-order valence-electron chi connectivity index (χ0n) is 28.6. The van der Waals surface area contributed by atoms with Gasteiger partial charge in [0.15, 0.2) is 6.29 Å². The topological polar surface area (TPSA) is 44.5 Å². The summed E-state index contributed by atoms with van der Waals surface area (Å²) in [5.74, 6) is 0. The third kappa shape index (κ3) is 33.3. The van der Waals surface area contributed by atoms with E-state index in [0.29, 0.717) is 0 Å². The molecule has 0 aromatic carbocycles. The van der Waals surface area contributed by atoms with Gasteiger partial charge in [-0.15, -0.1) is 0 Å². The average Bonchev–Trinajstić information content (AvgIpc) is 2.99. The third-order valence-electron chi connectivity index (χ3n) is 7.68. The van der Waals surface area contributed by atoms with Crippen molar-refractivity contribution in [3.05, 3.63) is 48.6 Å². The van der Waals surface area contributed by atoms with E-state index >= 15 is 0 Å². The Bertz CT molecular complexity index is 572. The van der Waals surface area contributed by atoms with Crippen LogP contribution in [0, 0.1) is 0 Å². The van der Waals surface area contributed by atoms with Crippen LogP contribution in [0.3, 0.4) is 0 Å². The fourth-order valence-electron chi connectivity index (χ4n) is 4.93. The van der Waals surface area contributed by atoms with Gasteiger partial charge in [-0.25, -0.2) is 0 Å². The lowest BCUT2D eigenvalue weighted by molar-refractivity contribution is -0.153. The lowest BCUT2D eigenvalue weighted by Crippen LogP contribution is -2.36. The minimum Gasteiger partial charge on any atom is -0.351 e. The number of allylic oxidation sites excluding steroid dienone is 8. The van der Waals surface area contributed by atoms with Crippen LogP contribution in [-0.2, 0) is 9.47 Å². The molecule has 0 unspecified atom stereocenters. The lowest BCUT2D eigenvalue weighted by Gasteiger charge is -2.22. The van der Waals surface area contributed by atoms with Gasteiger partial charge in [0.1, 0.15) is 0 Å². The highest BCUT2D eigenvalue weighted by atomic mass is 16.7. The van der Waals surface area contributed by atoms with Gasteiger partial charge in [-0.3, -0.25) is 0 Å². The van der Waals surface area contributed by atoms with E-state index in [4.69, 9.17) is 15.2 Å². The van der Waals surface area contributed by atoms with Crippen LogP contribution in [0.4, 0.5) is 0 Å². The molecule has 2 N–H and O–H groups in total. The molecule has 0 radical (unpaired) electrons. The quantitative estimate of drug-likeness (QED) is 0.0472. The van der Waals surface area contributed by atoms with Crippen LogP contribution < -0.4 is 5.73 Å². The Morgan fingerprint density at radius 3 is 1.07 bits per heavy atom. The van der Waals surface area contributed by atoms with Crippen LogP contribution in [0.25, 0.3) is 0 Å². The summed E-state index contributed by atoms with van der Waals surface area (Å²) >= 11 is 0. The van der Waals surface area contributed by atoms with E-state index in [0.717, 1.165) is 38.9 Å². The molecule has 0 saturated heterocycles. The first kappa shape index (κ1) is 40.8. The first-order valence-electron chi connectivity index (χ1n) is 18.3. The molecular weight excluding hydrogens is 514 g/mol. The lowest BCUT2D eigenvalue weighted by atomic mass is 10.1. The minimum atomic E-state index is -0.263. The monoisotopic (exact) mass is 588 g/mol. The molecule has 0 aromatic rings. The molecule has 3 nitrogen and oxygen atoms in total. The number of ether oxygens (including phenoxy) is 2. The molecule has 0 aromatic heterocycles. The van der Waals surface area contributed by atoms with E-state index in [2.05, 4.69) is 62.5 Å². The smallest absolute Gasteiger partial charge is 0.172 e. The van der Waals surface area contributed by atoms with Crippen LogP contribution in [0.5, 0.6) is 0 Å². The molecule has 0 saturated carbocycles. The Kier molecular flexibility index (Phi) is 35.0. The summed E-state index contributed by atoms with van der Waals surface area (Å²) < 4.78 is 12.0. The second kappa shape index (κ2) is 36.0. The summed E-state index contributed by atoms with van der Waals surface area (Å²) in [5, 5.41) is 0. The summed E-state index contributed by atoms with van der Waals surface area (Å²) in [6, 6.07) is -0.0841. The largest absolute Gasteiger partial charge is 0.351 e. The molecule has 0 fully saturated rings. The van der Waals surface area contributed by atoms with Crippen molar-refractivity contribution < 1.29 is 9.47 Å². The fraction of sp³-hybridized carbons (Fsp3) is 0.795. The highest BCUT2D eigenvalue weighted by molar-refractivity contribution is 4.93. The fourth-order valence-corrected chi connectivity index (χ4v) is 4.93. The summed E-state index contributed by atoms with van der Waals surface area (Å²) in [6.07, 6.45) is 48.7. The van der Waals surface area contributed by atoms with Crippen molar-refractivity contribution in [2.75, 3.05) is 13.2 Å². The number of nitrogens with two attached hydrogens (primary N) is 1. The third-order valence-corrected chi connectivity index (χ3v) is 7.68. The second-order valence-corrected chi connectivity index (χ2v) is 12.1. The van der Waals surface area contributed by atoms with Crippen molar-refractivity contribution in [1.29, 1.82) is 0 Å². The highest BCUT2D eigenvalue weighted by Gasteiger charge is 2.14. The van der Waals surface area contributed by atoms with Gasteiger partial charge >= 0.3 is 0 Å². The first-order chi connectivity index (χ1) is 20.7. The predicted molar refractivity (Wildman–Crippen MR) is 188 cm³/mol. The molecule has 3 heteroatoms. The Labute approximate surface area is 263 Å². The van der Waals surface area contributed by atoms with E-state index in [9.17, 15) is 0 Å². The van der Waals surface area contributed by atoms with E-state index < -0.39 is 0 Å². The summed E-state index contributed by atoms with van der Waals surface area (Å²) in [6.45, 7) is 8.02. The van der Waals surface area contributed by atoms with Crippen molar-refractivity contribution in [1.82, 2.24) is 0 Å². The Morgan fingerprint density at radius 1 is 0.429 bits per heavy atom. The van der Waals surface area contributed by atoms with Crippen LogP contribution in [0.15, 0.2) is 48.6 Å². The molecule has 0 bridgehead atoms. The van der Waals surface area contributed by atoms with Gasteiger partial charge < -0.3 is 15.2 Å². The molecule has 42 heavy (non-hydrogen) atoms. The van der Waals surface area contributed by atoms with E-state index in [1.54, 1.807) is 0 Å². The Balaban J connectivity index is 3.50. The zero-order chi connectivity index (χ0) is 30.6.